The number of thioether (sulfide) groups is 1. The highest BCUT2D eigenvalue weighted by molar-refractivity contribution is 7.99. The summed E-state index contributed by atoms with van der Waals surface area (Å²) < 4.78 is 33.6. The second kappa shape index (κ2) is 9.66. The summed E-state index contributed by atoms with van der Waals surface area (Å²) >= 11 is 1.99. The van der Waals surface area contributed by atoms with Crippen molar-refractivity contribution < 1.29 is 17.9 Å². The standard InChI is InChI=1S/C26H28N4O4S2/c31-26(29-8-12-34-13-9-29)24-22-18-36(32,33)23-7-2-1-6-21(23)25(22)30(27-24)20-5-3-4-19(16-20)17-28-10-14-35-15-11-28/h1-7,16H,8-15,17-18H2. The van der Waals surface area contributed by atoms with Gasteiger partial charge in [0.25, 0.3) is 5.91 Å². The lowest BCUT2D eigenvalue weighted by atomic mass is 10.0. The summed E-state index contributed by atoms with van der Waals surface area (Å²) in [4.78, 5) is 18.0. The molecule has 6 rings (SSSR count). The summed E-state index contributed by atoms with van der Waals surface area (Å²) in [6, 6.07) is 15.2. The van der Waals surface area contributed by atoms with Gasteiger partial charge in [-0.1, -0.05) is 30.3 Å². The summed E-state index contributed by atoms with van der Waals surface area (Å²) in [7, 11) is -3.60. The Morgan fingerprint density at radius 3 is 2.58 bits per heavy atom. The SMILES string of the molecule is O=C(c1nn(-c2cccc(CN3CCSCC3)c2)c2c1CS(=O)(=O)c1ccccc1-2)N1CCOCC1. The molecule has 0 saturated carbocycles. The number of aromatic nitrogens is 2. The van der Waals surface area contributed by atoms with Crippen molar-refractivity contribution in [3.63, 3.8) is 0 Å². The number of hydrogen-bond donors (Lipinski definition) is 0. The molecule has 0 spiro atoms. The molecular formula is C26H28N4O4S2. The number of rotatable bonds is 4. The minimum absolute atomic E-state index is 0.212. The maximum Gasteiger partial charge on any atom is 0.274 e. The molecule has 2 fully saturated rings. The highest BCUT2D eigenvalue weighted by Gasteiger charge is 2.37. The van der Waals surface area contributed by atoms with Crippen molar-refractivity contribution in [3.8, 4) is 16.9 Å². The first kappa shape index (κ1) is 23.7. The molecule has 8 nitrogen and oxygen atoms in total. The van der Waals surface area contributed by atoms with Gasteiger partial charge in [-0.25, -0.2) is 13.1 Å². The van der Waals surface area contributed by atoms with E-state index in [1.54, 1.807) is 27.8 Å². The zero-order valence-corrected chi connectivity index (χ0v) is 21.6. The van der Waals surface area contributed by atoms with E-state index in [9.17, 15) is 13.2 Å². The monoisotopic (exact) mass is 524 g/mol. The number of nitrogens with zero attached hydrogens (tertiary/aromatic N) is 4. The number of carbonyl (C=O) groups excluding carboxylic acids is 1. The highest BCUT2D eigenvalue weighted by Crippen LogP contribution is 2.41. The van der Waals surface area contributed by atoms with Gasteiger partial charge in [0.05, 0.1) is 35.2 Å². The van der Waals surface area contributed by atoms with Crippen LogP contribution < -0.4 is 0 Å². The molecule has 188 valence electrons. The maximum atomic E-state index is 13.6. The molecule has 4 heterocycles. The van der Waals surface area contributed by atoms with E-state index in [0.29, 0.717) is 43.1 Å². The van der Waals surface area contributed by atoms with E-state index < -0.39 is 9.84 Å². The zero-order chi connectivity index (χ0) is 24.7. The number of carbonyl (C=O) groups is 1. The van der Waals surface area contributed by atoms with Gasteiger partial charge in [-0.05, 0) is 23.8 Å². The summed E-state index contributed by atoms with van der Waals surface area (Å²) in [5, 5.41) is 4.79. The zero-order valence-electron chi connectivity index (χ0n) is 19.9. The second-order valence-corrected chi connectivity index (χ2v) is 12.5. The van der Waals surface area contributed by atoms with Crippen LogP contribution in [0.1, 0.15) is 21.6 Å². The molecule has 0 atom stereocenters. The third-order valence-corrected chi connectivity index (χ3v) is 9.60. The van der Waals surface area contributed by atoms with Gasteiger partial charge in [-0.3, -0.25) is 9.69 Å². The van der Waals surface area contributed by atoms with Gasteiger partial charge in [0.2, 0.25) is 0 Å². The molecule has 1 amide bonds. The van der Waals surface area contributed by atoms with Crippen molar-refractivity contribution >= 4 is 27.5 Å². The van der Waals surface area contributed by atoms with Crippen molar-refractivity contribution in [3.05, 3.63) is 65.4 Å². The average Bonchev–Trinajstić information content (AvgIpc) is 3.28. The third-order valence-electron chi connectivity index (χ3n) is 6.96. The van der Waals surface area contributed by atoms with Gasteiger partial charge in [-0.2, -0.15) is 16.9 Å². The Kier molecular flexibility index (Phi) is 6.37. The van der Waals surface area contributed by atoms with Gasteiger partial charge in [0, 0.05) is 55.4 Å². The Bertz CT molecular complexity index is 1410. The third kappa shape index (κ3) is 4.36. The first-order valence-electron chi connectivity index (χ1n) is 12.2. The lowest BCUT2D eigenvalue weighted by Gasteiger charge is -2.26. The first-order valence-corrected chi connectivity index (χ1v) is 15.0. The van der Waals surface area contributed by atoms with Gasteiger partial charge in [0.1, 0.15) is 0 Å². The fraction of sp³-hybridized carbons (Fsp3) is 0.385. The van der Waals surface area contributed by atoms with Crippen molar-refractivity contribution in [2.45, 2.75) is 17.2 Å². The van der Waals surface area contributed by atoms with Crippen LogP contribution >= 0.6 is 11.8 Å². The molecule has 3 aromatic rings. The summed E-state index contributed by atoms with van der Waals surface area (Å²) in [5.74, 6) is 1.80. The Morgan fingerprint density at radius 2 is 1.78 bits per heavy atom. The molecule has 36 heavy (non-hydrogen) atoms. The molecule has 0 N–H and O–H groups in total. The predicted molar refractivity (Wildman–Crippen MR) is 139 cm³/mol. The number of sulfone groups is 1. The van der Waals surface area contributed by atoms with Gasteiger partial charge < -0.3 is 9.64 Å². The second-order valence-electron chi connectivity index (χ2n) is 9.31. The van der Waals surface area contributed by atoms with E-state index in [2.05, 4.69) is 17.0 Å². The summed E-state index contributed by atoms with van der Waals surface area (Å²) in [6.07, 6.45) is 0. The summed E-state index contributed by atoms with van der Waals surface area (Å²) in [6.45, 7) is 4.84. The highest BCUT2D eigenvalue weighted by atomic mass is 32.2. The maximum absolute atomic E-state index is 13.6. The minimum Gasteiger partial charge on any atom is -0.378 e. The molecule has 2 aromatic carbocycles. The van der Waals surface area contributed by atoms with Gasteiger partial charge in [-0.15, -0.1) is 0 Å². The molecule has 0 aliphatic carbocycles. The molecule has 2 saturated heterocycles. The quantitative estimate of drug-likeness (QED) is 0.519. The van der Waals surface area contributed by atoms with Crippen LogP contribution in [-0.4, -0.2) is 84.8 Å². The topological polar surface area (TPSA) is 84.7 Å². The van der Waals surface area contributed by atoms with Crippen LogP contribution in [0.4, 0.5) is 0 Å². The molecular weight excluding hydrogens is 496 g/mol. The van der Waals surface area contributed by atoms with E-state index in [4.69, 9.17) is 9.84 Å². The van der Waals surface area contributed by atoms with E-state index in [1.807, 2.05) is 30.0 Å². The fourth-order valence-electron chi connectivity index (χ4n) is 5.14. The molecule has 0 bridgehead atoms. The van der Waals surface area contributed by atoms with Crippen LogP contribution in [-0.2, 0) is 26.9 Å². The van der Waals surface area contributed by atoms with Crippen LogP contribution in [0.3, 0.4) is 0 Å². The number of amides is 1. The van der Waals surface area contributed by atoms with Crippen LogP contribution in [0.2, 0.25) is 0 Å². The van der Waals surface area contributed by atoms with Crippen LogP contribution in [0.5, 0.6) is 0 Å². The Labute approximate surface area is 215 Å². The lowest BCUT2D eigenvalue weighted by molar-refractivity contribution is 0.0298. The predicted octanol–water partition coefficient (Wildman–Crippen LogP) is 2.85. The van der Waals surface area contributed by atoms with Crippen molar-refractivity contribution in [2.24, 2.45) is 0 Å². The largest absolute Gasteiger partial charge is 0.378 e. The van der Waals surface area contributed by atoms with Crippen LogP contribution in [0.15, 0.2) is 53.4 Å². The Hall–Kier alpha value is -2.66. The Morgan fingerprint density at radius 1 is 1.00 bits per heavy atom. The van der Waals surface area contributed by atoms with Gasteiger partial charge >= 0.3 is 0 Å². The molecule has 1 aromatic heterocycles. The Balaban J connectivity index is 1.47. The van der Waals surface area contributed by atoms with Gasteiger partial charge in [0.15, 0.2) is 15.5 Å². The number of benzene rings is 2. The number of fused-ring (bicyclic) bond motifs is 3. The smallest absolute Gasteiger partial charge is 0.274 e. The summed E-state index contributed by atoms with van der Waals surface area (Å²) in [5.41, 5.74) is 3.95. The molecule has 3 aliphatic heterocycles. The van der Waals surface area contributed by atoms with Crippen LogP contribution in [0.25, 0.3) is 16.9 Å². The van der Waals surface area contributed by atoms with Crippen molar-refractivity contribution in [2.75, 3.05) is 50.9 Å². The number of ether oxygens (including phenoxy) is 1. The van der Waals surface area contributed by atoms with Crippen LogP contribution in [0, 0.1) is 0 Å². The van der Waals surface area contributed by atoms with E-state index >= 15 is 0 Å². The van der Waals surface area contributed by atoms with E-state index in [0.717, 1.165) is 36.8 Å². The van der Waals surface area contributed by atoms with E-state index in [1.165, 1.54) is 5.56 Å². The average molecular weight is 525 g/mol. The van der Waals surface area contributed by atoms with E-state index in [-0.39, 0.29) is 22.2 Å². The first-order chi connectivity index (χ1) is 17.5. The fourth-order valence-corrected chi connectivity index (χ4v) is 7.72. The lowest BCUT2D eigenvalue weighted by Crippen LogP contribution is -2.41. The molecule has 3 aliphatic rings. The van der Waals surface area contributed by atoms with Crippen molar-refractivity contribution in [1.29, 1.82) is 0 Å². The molecule has 10 heteroatoms. The minimum atomic E-state index is -3.60. The normalized spacial score (nSPS) is 19.5. The number of hydrogen-bond acceptors (Lipinski definition) is 7. The van der Waals surface area contributed by atoms with Crippen molar-refractivity contribution in [1.82, 2.24) is 19.6 Å². The molecule has 0 unspecified atom stereocenters. The number of morpholine rings is 1. The molecule has 0 radical (unpaired) electrons.